The Kier molecular flexibility index (Phi) is 12.8. The number of hydrogen-bond donors (Lipinski definition) is 8. The van der Waals surface area contributed by atoms with Gasteiger partial charge in [0, 0.05) is 64.5 Å². The van der Waals surface area contributed by atoms with Crippen molar-refractivity contribution in [3.63, 3.8) is 0 Å². The molecule has 380 valence electrons. The second-order valence-corrected chi connectivity index (χ2v) is 18.2. The van der Waals surface area contributed by atoms with Crippen LogP contribution in [-0.2, 0) is 49.5 Å². The van der Waals surface area contributed by atoms with Crippen molar-refractivity contribution < 1.29 is 29.9 Å². The maximum Gasteiger partial charge on any atom is 0.226 e. The maximum absolute atomic E-state index is 11.3. The number of fused-ring (bicyclic) bond motifs is 2. The number of anilines is 4. The van der Waals surface area contributed by atoms with E-state index in [1.807, 2.05) is 49.5 Å². The predicted octanol–water partition coefficient (Wildman–Crippen LogP) is -0.426. The van der Waals surface area contributed by atoms with Crippen LogP contribution in [0.5, 0.6) is 0 Å². The number of nitrogens with zero attached hydrogens (tertiary/aromatic N) is 20. The van der Waals surface area contributed by atoms with E-state index in [1.54, 1.807) is 21.8 Å². The van der Waals surface area contributed by atoms with E-state index in [4.69, 9.17) is 39.4 Å². The highest BCUT2D eigenvalue weighted by molar-refractivity contribution is 5.85. The van der Waals surface area contributed by atoms with Gasteiger partial charge in [0.05, 0.1) is 49.8 Å². The van der Waals surface area contributed by atoms with Crippen molar-refractivity contribution in [2.24, 2.45) is 14.1 Å². The van der Waals surface area contributed by atoms with Gasteiger partial charge in [0.1, 0.15) is 24.4 Å². The average Bonchev–Trinajstić information content (AvgIpc) is 4.26. The molecule has 0 aromatic carbocycles. The summed E-state index contributed by atoms with van der Waals surface area (Å²) < 4.78 is 19.4. The lowest BCUT2D eigenvalue weighted by atomic mass is 9.91. The first-order valence-corrected chi connectivity index (χ1v) is 24.0. The van der Waals surface area contributed by atoms with Crippen LogP contribution in [0.4, 0.5) is 23.5 Å². The van der Waals surface area contributed by atoms with Crippen molar-refractivity contribution in [1.82, 2.24) is 98.6 Å². The summed E-state index contributed by atoms with van der Waals surface area (Å²) in [6, 6.07) is -0.0247. The van der Waals surface area contributed by atoms with Crippen molar-refractivity contribution in [3.05, 3.63) is 60.7 Å². The van der Waals surface area contributed by atoms with E-state index < -0.39 is 49.1 Å². The molecule has 72 heavy (non-hydrogen) atoms. The molecule has 3 aliphatic rings. The summed E-state index contributed by atoms with van der Waals surface area (Å²) >= 11 is 0. The molecule has 11 rings (SSSR count). The normalized spacial score (nSPS) is 25.5. The second kappa shape index (κ2) is 19.7. The van der Waals surface area contributed by atoms with E-state index in [-0.39, 0.29) is 23.7 Å². The molecule has 0 amide bonds. The topological polar surface area (TPSA) is 358 Å². The highest BCUT2D eigenvalue weighted by Crippen LogP contribution is 2.41. The van der Waals surface area contributed by atoms with Gasteiger partial charge in [-0.1, -0.05) is 0 Å². The monoisotopic (exact) mass is 992 g/mol. The number of aromatic nitrogens is 20. The molecule has 8 aromatic heterocycles. The van der Waals surface area contributed by atoms with E-state index in [1.165, 1.54) is 22.2 Å². The number of rotatable bonds is 18. The van der Waals surface area contributed by atoms with Crippen molar-refractivity contribution >= 4 is 45.9 Å². The van der Waals surface area contributed by atoms with Crippen LogP contribution in [0.2, 0.25) is 0 Å². The summed E-state index contributed by atoms with van der Waals surface area (Å²) in [7, 11) is 3.83. The molecule has 8 N–H and O–H groups in total. The number of ether oxygens (including phenoxy) is 2. The zero-order chi connectivity index (χ0) is 49.6. The maximum atomic E-state index is 11.3. The van der Waals surface area contributed by atoms with Gasteiger partial charge in [0.25, 0.3) is 0 Å². The Morgan fingerprint density at radius 2 is 1.00 bits per heavy atom. The molecule has 3 fully saturated rings. The molecule has 0 radical (unpaired) electrons. The molecule has 0 bridgehead atoms. The van der Waals surface area contributed by atoms with Gasteiger partial charge in [0.15, 0.2) is 58.6 Å². The number of nitrogens with one attached hydrogen (secondary N) is 4. The smallest absolute Gasteiger partial charge is 0.226 e. The van der Waals surface area contributed by atoms with Crippen LogP contribution in [0.15, 0.2) is 37.7 Å². The molecule has 0 spiro atoms. The molecule has 1 aliphatic carbocycles. The number of aliphatic hydroxyl groups is 4. The highest BCUT2D eigenvalue weighted by atomic mass is 16.6. The predicted molar refractivity (Wildman–Crippen MR) is 251 cm³/mol. The van der Waals surface area contributed by atoms with Crippen LogP contribution >= 0.6 is 0 Å². The van der Waals surface area contributed by atoms with Crippen molar-refractivity contribution in [2.75, 3.05) is 34.4 Å². The Hall–Kier alpha value is -7.38. The molecule has 1 saturated carbocycles. The average molecular weight is 993 g/mol. The number of aryl methyl sites for hydroxylation is 4. The quantitative estimate of drug-likeness (QED) is 0.0541. The Morgan fingerprint density at radius 1 is 0.569 bits per heavy atom. The second-order valence-electron chi connectivity index (χ2n) is 18.2. The first-order chi connectivity index (χ1) is 35.0. The van der Waals surface area contributed by atoms with Crippen molar-refractivity contribution in [3.8, 4) is 0 Å². The third kappa shape index (κ3) is 9.22. The fraction of sp³-hybridized carbons (Fsp3) is 0.571. The molecule has 2 saturated heterocycles. The lowest BCUT2D eigenvalue weighted by Gasteiger charge is -2.30. The van der Waals surface area contributed by atoms with Crippen LogP contribution in [0.3, 0.4) is 0 Å². The molecule has 2 unspecified atom stereocenters. The molecule has 2 aliphatic heterocycles. The molecule has 10 heterocycles. The van der Waals surface area contributed by atoms with Crippen LogP contribution in [0, 0.1) is 0 Å². The number of imidazole rings is 4. The fourth-order valence-corrected chi connectivity index (χ4v) is 9.34. The zero-order valence-corrected chi connectivity index (χ0v) is 39.9. The van der Waals surface area contributed by atoms with Gasteiger partial charge >= 0.3 is 0 Å². The van der Waals surface area contributed by atoms with Crippen LogP contribution in [0.25, 0.3) is 22.3 Å². The van der Waals surface area contributed by atoms with Gasteiger partial charge in [-0.15, -0.1) is 20.4 Å². The molecule has 8 aromatic rings. The summed E-state index contributed by atoms with van der Waals surface area (Å²) in [5, 5.41) is 83.5. The fourth-order valence-electron chi connectivity index (χ4n) is 9.34. The minimum atomic E-state index is -1.36. The van der Waals surface area contributed by atoms with E-state index in [0.29, 0.717) is 84.9 Å². The standard InChI is InChI=1S/C42H56N24O6/c1-5-65-57-35(55-59-65)31-27(67)29(69)39(71-31)63-19-47-25-33(51-41(53-37(25)63)43-13-11-23-15-61(3)17-45-23)49-21-7-9-22(10-8-21)50-34-26-38(54-42(52-34)44-14-12-24-16-62(4)18-46-24)64(20-48-26)40-30(70)28(68)32(72-40)36-56-60-66(6-2)58-36/h15-22,27-32,39-40,67-70H,5-14H2,1-4H3,(H2,43,49,51,53)(H2,44,50,52,54)/t21-,22-,27-,28-,29+,30+,31-,32-,39?,40?/m0/s1. The van der Waals surface area contributed by atoms with E-state index >= 15 is 0 Å². The lowest BCUT2D eigenvalue weighted by molar-refractivity contribution is -0.0384. The Balaban J connectivity index is 0.821. The largest absolute Gasteiger partial charge is 0.387 e. The Bertz CT molecular complexity index is 2930. The number of tetrazole rings is 2. The first kappa shape index (κ1) is 47.0. The van der Waals surface area contributed by atoms with E-state index in [2.05, 4.69) is 62.1 Å². The summed E-state index contributed by atoms with van der Waals surface area (Å²) in [5.41, 5.74) is 3.47. The molecular formula is C42H56N24O6. The van der Waals surface area contributed by atoms with Crippen LogP contribution in [0.1, 0.15) is 87.2 Å². The van der Waals surface area contributed by atoms with Crippen molar-refractivity contribution in [1.29, 1.82) is 0 Å². The third-order valence-corrected chi connectivity index (χ3v) is 13.1. The highest BCUT2D eigenvalue weighted by Gasteiger charge is 2.48. The molecule has 8 atom stereocenters. The van der Waals surface area contributed by atoms with E-state index in [0.717, 1.165) is 37.1 Å². The first-order valence-electron chi connectivity index (χ1n) is 24.0. The molecular weight excluding hydrogens is 937 g/mol. The van der Waals surface area contributed by atoms with Crippen LogP contribution in [-0.4, -0.2) is 169 Å². The number of hydrogen-bond acceptors (Lipinski definition) is 24. The number of aliphatic hydroxyl groups excluding tert-OH is 4. The van der Waals surface area contributed by atoms with Gasteiger partial charge < -0.3 is 60.3 Å². The zero-order valence-electron chi connectivity index (χ0n) is 39.9. The van der Waals surface area contributed by atoms with E-state index in [9.17, 15) is 20.4 Å². The summed E-state index contributed by atoms with van der Waals surface area (Å²) in [4.78, 5) is 40.5. The van der Waals surface area contributed by atoms with Crippen LogP contribution < -0.4 is 21.3 Å². The van der Waals surface area contributed by atoms with Gasteiger partial charge in [-0.3, -0.25) is 9.13 Å². The Morgan fingerprint density at radius 3 is 1.38 bits per heavy atom. The molecule has 30 nitrogen and oxygen atoms in total. The lowest BCUT2D eigenvalue weighted by Crippen LogP contribution is -2.33. The van der Waals surface area contributed by atoms with Gasteiger partial charge in [-0.05, 0) is 50.0 Å². The van der Waals surface area contributed by atoms with Gasteiger partial charge in [0.2, 0.25) is 23.5 Å². The van der Waals surface area contributed by atoms with Gasteiger partial charge in [-0.25, -0.2) is 19.9 Å². The molecule has 30 heteroatoms. The summed E-state index contributed by atoms with van der Waals surface area (Å²) in [6.07, 6.45) is 5.02. The summed E-state index contributed by atoms with van der Waals surface area (Å²) in [6.45, 7) is 5.65. The Labute approximate surface area is 409 Å². The minimum absolute atomic E-state index is 0.0123. The summed E-state index contributed by atoms with van der Waals surface area (Å²) in [5.74, 6) is 1.95. The van der Waals surface area contributed by atoms with Gasteiger partial charge in [-0.2, -0.15) is 29.5 Å². The third-order valence-electron chi connectivity index (χ3n) is 13.1. The SMILES string of the molecule is CCn1nnc([C@H]2OC(n3cnc4c(N[C@H]5CC[C@H](Nc6nc(NCCc7cn(C)cn7)nc7c6ncn7C6O[C@H](c7nnn(CC)n7)[C@@H](O)[C@H]6O)CC5)nc(NCCc5cn(C)cn5)nc43)[C@H](O)[C@@H]2O)n1. The minimum Gasteiger partial charge on any atom is -0.387 e. The van der Waals surface area contributed by atoms with Crippen molar-refractivity contribution in [2.45, 2.75) is 127 Å².